The predicted octanol–water partition coefficient (Wildman–Crippen LogP) is 4.21. The standard InChI is InChI=1S/C21H24ClN5O2S/c1-5-6-7-8-12-25(4)20(29)30-19-24-23-17-18(28)26(13-14-27(17)19)16-10-9-11-21(3,22)15(16)2/h5-11,13-15H,12H2,1-4H3/b6-5-,8-7-. The van der Waals surface area contributed by atoms with Crippen LogP contribution in [0, 0.1) is 5.92 Å². The van der Waals surface area contributed by atoms with Crippen LogP contribution in [0.3, 0.4) is 0 Å². The Hall–Kier alpha value is -2.58. The van der Waals surface area contributed by atoms with E-state index in [-0.39, 0.29) is 22.4 Å². The van der Waals surface area contributed by atoms with Crippen molar-refractivity contribution in [2.24, 2.45) is 5.92 Å². The monoisotopic (exact) mass is 445 g/mol. The van der Waals surface area contributed by atoms with E-state index >= 15 is 0 Å². The van der Waals surface area contributed by atoms with Gasteiger partial charge in [0.1, 0.15) is 0 Å². The molecule has 3 rings (SSSR count). The predicted molar refractivity (Wildman–Crippen MR) is 122 cm³/mol. The van der Waals surface area contributed by atoms with Gasteiger partial charge in [-0.15, -0.1) is 21.8 Å². The first-order valence-electron chi connectivity index (χ1n) is 9.52. The van der Waals surface area contributed by atoms with Gasteiger partial charge < -0.3 is 4.90 Å². The molecule has 1 aliphatic rings. The molecule has 0 N–H and O–H groups in total. The Bertz CT molecular complexity index is 1130. The highest BCUT2D eigenvalue weighted by atomic mass is 35.5. The molecule has 0 bridgehead atoms. The average Bonchev–Trinajstić information content (AvgIpc) is 3.11. The number of likely N-dealkylation sites (N-methyl/N-ethyl adjacent to an activating group) is 1. The van der Waals surface area contributed by atoms with Crippen molar-refractivity contribution >= 4 is 39.9 Å². The zero-order valence-corrected chi connectivity index (χ0v) is 18.9. The van der Waals surface area contributed by atoms with Crippen LogP contribution in [0.4, 0.5) is 4.79 Å². The van der Waals surface area contributed by atoms with Gasteiger partial charge in [-0.3, -0.25) is 18.6 Å². The van der Waals surface area contributed by atoms with Crippen LogP contribution in [0.5, 0.6) is 0 Å². The maximum Gasteiger partial charge on any atom is 0.300 e. The van der Waals surface area contributed by atoms with Crippen LogP contribution in [0.1, 0.15) is 20.8 Å². The summed E-state index contributed by atoms with van der Waals surface area (Å²) in [6.07, 6.45) is 16.6. The summed E-state index contributed by atoms with van der Waals surface area (Å²) in [7, 11) is 1.71. The number of amides is 1. The second-order valence-corrected chi connectivity index (χ2v) is 8.91. The fourth-order valence-electron chi connectivity index (χ4n) is 2.98. The summed E-state index contributed by atoms with van der Waals surface area (Å²) in [6, 6.07) is 0. The van der Waals surface area contributed by atoms with E-state index in [4.69, 9.17) is 11.6 Å². The smallest absolute Gasteiger partial charge is 0.300 e. The minimum absolute atomic E-state index is 0.0769. The van der Waals surface area contributed by atoms with Gasteiger partial charge in [0, 0.05) is 49.4 Å². The minimum Gasteiger partial charge on any atom is -0.333 e. The van der Waals surface area contributed by atoms with Crippen LogP contribution < -0.4 is 5.56 Å². The lowest BCUT2D eigenvalue weighted by molar-refractivity contribution is 0.237. The summed E-state index contributed by atoms with van der Waals surface area (Å²) in [5.74, 6) is -0.0769. The molecule has 2 atom stereocenters. The Morgan fingerprint density at radius 2 is 2.13 bits per heavy atom. The lowest BCUT2D eigenvalue weighted by atomic mass is 9.87. The average molecular weight is 446 g/mol. The van der Waals surface area contributed by atoms with Crippen molar-refractivity contribution < 1.29 is 4.79 Å². The van der Waals surface area contributed by atoms with Gasteiger partial charge in [-0.2, -0.15) is 0 Å². The van der Waals surface area contributed by atoms with Crippen molar-refractivity contribution in [3.63, 3.8) is 0 Å². The molecule has 2 aromatic rings. The molecule has 2 heterocycles. The summed E-state index contributed by atoms with van der Waals surface area (Å²) >= 11 is 7.48. The van der Waals surface area contributed by atoms with Crippen molar-refractivity contribution in [3.05, 3.63) is 65.3 Å². The Labute approximate surface area is 184 Å². The Balaban J connectivity index is 1.85. The third-order valence-corrected chi connectivity index (χ3v) is 6.41. The van der Waals surface area contributed by atoms with E-state index in [1.54, 1.807) is 24.3 Å². The number of nitrogens with zero attached hydrogens (tertiary/aromatic N) is 5. The molecule has 1 amide bonds. The molecule has 2 aromatic heterocycles. The van der Waals surface area contributed by atoms with Crippen molar-refractivity contribution in [1.82, 2.24) is 24.1 Å². The topological polar surface area (TPSA) is 72.5 Å². The van der Waals surface area contributed by atoms with Crippen LogP contribution >= 0.6 is 23.4 Å². The molecule has 0 aromatic carbocycles. The fourth-order valence-corrected chi connectivity index (χ4v) is 3.88. The number of rotatable bonds is 5. The van der Waals surface area contributed by atoms with E-state index < -0.39 is 4.87 Å². The SMILES string of the molecule is C/C=C\C=C/CN(C)C(=O)Sc1nnc2c(=O)n(C3=CC=CC(C)(Cl)C3C)ccn12. The molecular weight excluding hydrogens is 422 g/mol. The highest BCUT2D eigenvalue weighted by molar-refractivity contribution is 8.13. The van der Waals surface area contributed by atoms with E-state index in [9.17, 15) is 9.59 Å². The fraction of sp³-hybridized carbons (Fsp3) is 0.333. The summed E-state index contributed by atoms with van der Waals surface area (Å²) in [6.45, 7) is 6.28. The molecule has 0 fully saturated rings. The zero-order valence-electron chi connectivity index (χ0n) is 17.3. The largest absolute Gasteiger partial charge is 0.333 e. The number of aromatic nitrogens is 4. The first-order valence-corrected chi connectivity index (χ1v) is 10.7. The molecule has 158 valence electrons. The highest BCUT2D eigenvalue weighted by Crippen LogP contribution is 2.36. The zero-order chi connectivity index (χ0) is 21.9. The van der Waals surface area contributed by atoms with Crippen molar-refractivity contribution in [2.75, 3.05) is 13.6 Å². The lowest BCUT2D eigenvalue weighted by Gasteiger charge is -2.31. The second kappa shape index (κ2) is 9.06. The molecule has 0 spiro atoms. The molecule has 1 aliphatic carbocycles. The molecule has 2 unspecified atom stereocenters. The quantitative estimate of drug-likeness (QED) is 0.391. The molecule has 0 radical (unpaired) electrons. The Morgan fingerprint density at radius 3 is 2.87 bits per heavy atom. The number of alkyl halides is 1. The second-order valence-electron chi connectivity index (χ2n) is 7.18. The highest BCUT2D eigenvalue weighted by Gasteiger charge is 2.32. The maximum atomic E-state index is 13.0. The number of hydrogen-bond donors (Lipinski definition) is 0. The van der Waals surface area contributed by atoms with Gasteiger partial charge in [-0.05, 0) is 19.9 Å². The van der Waals surface area contributed by atoms with Gasteiger partial charge in [0.05, 0.1) is 4.87 Å². The third-order valence-electron chi connectivity index (χ3n) is 5.01. The Morgan fingerprint density at radius 1 is 1.37 bits per heavy atom. The van der Waals surface area contributed by atoms with Gasteiger partial charge in [-0.25, -0.2) is 0 Å². The summed E-state index contributed by atoms with van der Waals surface area (Å²) in [5.41, 5.74) is 0.624. The summed E-state index contributed by atoms with van der Waals surface area (Å²) in [5, 5.41) is 8.22. The Kier molecular flexibility index (Phi) is 6.67. The molecule has 0 aliphatic heterocycles. The normalized spacial score (nSPS) is 21.6. The number of carbonyl (C=O) groups excluding carboxylic acids is 1. The number of halogens is 1. The van der Waals surface area contributed by atoms with Gasteiger partial charge in [0.2, 0.25) is 10.8 Å². The number of hydrogen-bond acceptors (Lipinski definition) is 5. The molecule has 9 heteroatoms. The van der Waals surface area contributed by atoms with E-state index in [0.717, 1.165) is 17.5 Å². The van der Waals surface area contributed by atoms with Gasteiger partial charge in [0.25, 0.3) is 10.8 Å². The lowest BCUT2D eigenvalue weighted by Crippen LogP contribution is -2.33. The van der Waals surface area contributed by atoms with E-state index in [2.05, 4.69) is 10.2 Å². The number of fused-ring (bicyclic) bond motifs is 1. The van der Waals surface area contributed by atoms with Crippen LogP contribution in [0.15, 0.2) is 64.9 Å². The van der Waals surface area contributed by atoms with E-state index in [0.29, 0.717) is 11.7 Å². The van der Waals surface area contributed by atoms with Crippen LogP contribution in [0.25, 0.3) is 11.3 Å². The minimum atomic E-state index is -0.581. The van der Waals surface area contributed by atoms with Gasteiger partial charge in [0.15, 0.2) is 0 Å². The van der Waals surface area contributed by atoms with Gasteiger partial charge in [-0.1, -0.05) is 43.4 Å². The summed E-state index contributed by atoms with van der Waals surface area (Å²) < 4.78 is 3.07. The maximum absolute atomic E-state index is 13.0. The molecular formula is C21H24ClN5O2S. The number of thioether (sulfide) groups is 1. The van der Waals surface area contributed by atoms with Crippen molar-refractivity contribution in [1.29, 1.82) is 0 Å². The van der Waals surface area contributed by atoms with E-state index in [1.165, 1.54) is 8.97 Å². The van der Waals surface area contributed by atoms with Crippen LogP contribution in [0.2, 0.25) is 0 Å². The van der Waals surface area contributed by atoms with Crippen LogP contribution in [-0.2, 0) is 0 Å². The summed E-state index contributed by atoms with van der Waals surface area (Å²) in [4.78, 5) is 26.5. The number of allylic oxidation sites excluding steroid dienone is 7. The van der Waals surface area contributed by atoms with Crippen molar-refractivity contribution in [3.8, 4) is 0 Å². The third kappa shape index (κ3) is 4.44. The first kappa shape index (κ1) is 22.1. The number of carbonyl (C=O) groups is 1. The molecule has 30 heavy (non-hydrogen) atoms. The van der Waals surface area contributed by atoms with Gasteiger partial charge >= 0.3 is 0 Å². The van der Waals surface area contributed by atoms with Crippen LogP contribution in [-0.4, -0.2) is 47.8 Å². The van der Waals surface area contributed by atoms with Crippen molar-refractivity contribution in [2.45, 2.75) is 30.8 Å². The molecule has 0 saturated heterocycles. The van der Waals surface area contributed by atoms with E-state index in [1.807, 2.05) is 63.3 Å². The molecule has 0 saturated carbocycles. The molecule has 7 nitrogen and oxygen atoms in total. The first-order chi connectivity index (χ1) is 14.3.